The number of pyridine rings is 1. The molecule has 1 fully saturated rings. The van der Waals surface area contributed by atoms with Gasteiger partial charge in [0, 0.05) is 19.2 Å². The van der Waals surface area contributed by atoms with Crippen molar-refractivity contribution in [2.45, 2.75) is 18.8 Å². The lowest BCUT2D eigenvalue weighted by molar-refractivity contribution is 0.820. The highest BCUT2D eigenvalue weighted by Gasteiger charge is 2.28. The number of aryl methyl sites for hydroxylation is 1. The zero-order valence-electron chi connectivity index (χ0n) is 8.07. The molecular weight excluding hydrogens is 176 g/mol. The van der Waals surface area contributed by atoms with Gasteiger partial charge in [0.2, 0.25) is 0 Å². The van der Waals surface area contributed by atoms with E-state index in [1.165, 1.54) is 12.8 Å². The lowest BCUT2D eigenvalue weighted by atomic mass is 10.4. The first-order valence-corrected chi connectivity index (χ1v) is 4.84. The molecule has 0 radical (unpaired) electrons. The van der Waals surface area contributed by atoms with E-state index < -0.39 is 0 Å². The van der Waals surface area contributed by atoms with Crippen LogP contribution in [0.15, 0.2) is 12.3 Å². The van der Waals surface area contributed by atoms with Crippen molar-refractivity contribution in [2.75, 3.05) is 5.73 Å². The fourth-order valence-electron chi connectivity index (χ4n) is 1.86. The minimum atomic E-state index is 0.532. The third-order valence-corrected chi connectivity index (χ3v) is 2.81. The molecule has 14 heavy (non-hydrogen) atoms. The van der Waals surface area contributed by atoms with Crippen LogP contribution in [0.5, 0.6) is 0 Å². The fraction of sp³-hybridized carbons (Fsp3) is 0.400. The van der Waals surface area contributed by atoms with Gasteiger partial charge in [-0.3, -0.25) is 0 Å². The summed E-state index contributed by atoms with van der Waals surface area (Å²) in [6.07, 6.45) is 4.24. The monoisotopic (exact) mass is 188 g/mol. The Morgan fingerprint density at radius 2 is 2.29 bits per heavy atom. The summed E-state index contributed by atoms with van der Waals surface area (Å²) in [7, 11) is 2.04. The van der Waals surface area contributed by atoms with E-state index in [9.17, 15) is 0 Å². The number of hydrogen-bond acceptors (Lipinski definition) is 3. The first-order chi connectivity index (χ1) is 6.77. The Bertz CT molecular complexity index is 496. The van der Waals surface area contributed by atoms with Crippen LogP contribution in [0.1, 0.15) is 24.6 Å². The third kappa shape index (κ3) is 0.937. The molecule has 1 aliphatic rings. The molecule has 2 N–H and O–H groups in total. The zero-order chi connectivity index (χ0) is 9.71. The molecule has 0 atom stereocenters. The molecular formula is C10H12N4. The molecule has 0 saturated heterocycles. The number of hydrogen-bond donors (Lipinski definition) is 1. The largest absolute Gasteiger partial charge is 0.382 e. The van der Waals surface area contributed by atoms with E-state index in [0.29, 0.717) is 11.7 Å². The van der Waals surface area contributed by atoms with Gasteiger partial charge in [-0.25, -0.2) is 9.97 Å². The molecule has 0 aromatic carbocycles. The minimum absolute atomic E-state index is 0.532. The molecule has 4 heteroatoms. The maximum Gasteiger partial charge on any atom is 0.151 e. The first kappa shape index (κ1) is 7.79. The summed E-state index contributed by atoms with van der Waals surface area (Å²) in [5, 5.41) is 0. The second-order valence-electron chi connectivity index (χ2n) is 3.87. The molecule has 2 aromatic rings. The predicted molar refractivity (Wildman–Crippen MR) is 54.9 cm³/mol. The minimum Gasteiger partial charge on any atom is -0.382 e. The van der Waals surface area contributed by atoms with Gasteiger partial charge in [0.25, 0.3) is 0 Å². The number of fused-ring (bicyclic) bond motifs is 1. The fourth-order valence-corrected chi connectivity index (χ4v) is 1.86. The molecule has 2 heterocycles. The van der Waals surface area contributed by atoms with Gasteiger partial charge >= 0.3 is 0 Å². The quantitative estimate of drug-likeness (QED) is 0.736. The summed E-state index contributed by atoms with van der Waals surface area (Å²) in [6, 6.07) is 1.96. The Kier molecular flexibility index (Phi) is 1.37. The van der Waals surface area contributed by atoms with Gasteiger partial charge in [-0.15, -0.1) is 0 Å². The molecule has 2 aromatic heterocycles. The van der Waals surface area contributed by atoms with Crippen LogP contribution >= 0.6 is 0 Å². The normalized spacial score (nSPS) is 16.4. The van der Waals surface area contributed by atoms with Crippen molar-refractivity contribution >= 4 is 16.9 Å². The summed E-state index contributed by atoms with van der Waals surface area (Å²) in [6.45, 7) is 0. The number of imidazole rings is 1. The summed E-state index contributed by atoms with van der Waals surface area (Å²) in [5.74, 6) is 2.33. The van der Waals surface area contributed by atoms with Crippen LogP contribution < -0.4 is 5.73 Å². The Balaban J connectivity index is 2.33. The van der Waals surface area contributed by atoms with E-state index in [1.807, 2.05) is 13.1 Å². The number of nitrogen functional groups attached to an aromatic ring is 1. The third-order valence-electron chi connectivity index (χ3n) is 2.81. The summed E-state index contributed by atoms with van der Waals surface area (Å²) in [5.41, 5.74) is 7.70. The van der Waals surface area contributed by atoms with Crippen LogP contribution in [0, 0.1) is 0 Å². The number of nitrogens with two attached hydrogens (primary N) is 1. The van der Waals surface area contributed by atoms with Gasteiger partial charge < -0.3 is 10.3 Å². The topological polar surface area (TPSA) is 56.7 Å². The molecule has 72 valence electrons. The highest BCUT2D eigenvalue weighted by molar-refractivity contribution is 5.85. The van der Waals surface area contributed by atoms with Gasteiger partial charge in [-0.2, -0.15) is 0 Å². The van der Waals surface area contributed by atoms with Crippen LogP contribution in [0.25, 0.3) is 11.0 Å². The van der Waals surface area contributed by atoms with Crippen molar-refractivity contribution in [2.24, 2.45) is 7.05 Å². The SMILES string of the molecule is Cn1c(C2CC2)nc2c(N)nccc21. The Hall–Kier alpha value is -1.58. The van der Waals surface area contributed by atoms with E-state index in [2.05, 4.69) is 14.5 Å². The highest BCUT2D eigenvalue weighted by Crippen LogP contribution is 2.40. The van der Waals surface area contributed by atoms with Gasteiger partial charge in [-0.05, 0) is 18.9 Å². The average Bonchev–Trinajstić information content (AvgIpc) is 2.94. The lowest BCUT2D eigenvalue weighted by Gasteiger charge is -1.98. The molecule has 0 amide bonds. The maximum atomic E-state index is 5.77. The molecule has 1 saturated carbocycles. The van der Waals surface area contributed by atoms with Crippen LogP contribution in [-0.2, 0) is 7.05 Å². The van der Waals surface area contributed by atoms with E-state index >= 15 is 0 Å². The van der Waals surface area contributed by atoms with Crippen molar-refractivity contribution in [3.05, 3.63) is 18.1 Å². The van der Waals surface area contributed by atoms with Crippen molar-refractivity contribution in [3.8, 4) is 0 Å². The van der Waals surface area contributed by atoms with Crippen LogP contribution in [0.3, 0.4) is 0 Å². The maximum absolute atomic E-state index is 5.77. The van der Waals surface area contributed by atoms with Crippen molar-refractivity contribution < 1.29 is 0 Å². The molecule has 0 bridgehead atoms. The van der Waals surface area contributed by atoms with Gasteiger partial charge in [0.05, 0.1) is 5.52 Å². The van der Waals surface area contributed by atoms with E-state index in [0.717, 1.165) is 16.9 Å². The molecule has 0 spiro atoms. The van der Waals surface area contributed by atoms with Crippen molar-refractivity contribution in [1.82, 2.24) is 14.5 Å². The molecule has 1 aliphatic carbocycles. The number of anilines is 1. The van der Waals surface area contributed by atoms with Crippen LogP contribution in [-0.4, -0.2) is 14.5 Å². The van der Waals surface area contributed by atoms with E-state index in [1.54, 1.807) is 6.20 Å². The number of aromatic nitrogens is 3. The van der Waals surface area contributed by atoms with Gasteiger partial charge in [-0.1, -0.05) is 0 Å². The van der Waals surface area contributed by atoms with Gasteiger partial charge in [0.1, 0.15) is 11.3 Å². The van der Waals surface area contributed by atoms with E-state index in [-0.39, 0.29) is 0 Å². The first-order valence-electron chi connectivity index (χ1n) is 4.84. The van der Waals surface area contributed by atoms with Crippen molar-refractivity contribution in [3.63, 3.8) is 0 Å². The Labute approximate surface area is 81.8 Å². The second kappa shape index (κ2) is 2.47. The zero-order valence-corrected chi connectivity index (χ0v) is 8.07. The van der Waals surface area contributed by atoms with E-state index in [4.69, 9.17) is 5.73 Å². The van der Waals surface area contributed by atoms with Crippen LogP contribution in [0.4, 0.5) is 5.82 Å². The predicted octanol–water partition coefficient (Wildman–Crippen LogP) is 1.43. The standard InChI is InChI=1S/C10H12N4/c1-14-7-4-5-12-9(11)8(7)13-10(14)6-2-3-6/h4-6H,2-3H2,1H3,(H2,11,12). The second-order valence-corrected chi connectivity index (χ2v) is 3.87. The smallest absolute Gasteiger partial charge is 0.151 e. The molecule has 3 rings (SSSR count). The molecule has 0 aliphatic heterocycles. The van der Waals surface area contributed by atoms with Crippen molar-refractivity contribution in [1.29, 1.82) is 0 Å². The Morgan fingerprint density at radius 1 is 1.50 bits per heavy atom. The summed E-state index contributed by atoms with van der Waals surface area (Å²) < 4.78 is 2.13. The highest BCUT2D eigenvalue weighted by atomic mass is 15.1. The lowest BCUT2D eigenvalue weighted by Crippen LogP contribution is -1.94. The molecule has 0 unspecified atom stereocenters. The summed E-state index contributed by atoms with van der Waals surface area (Å²) >= 11 is 0. The average molecular weight is 188 g/mol. The Morgan fingerprint density at radius 3 is 2.93 bits per heavy atom. The van der Waals surface area contributed by atoms with Crippen LogP contribution in [0.2, 0.25) is 0 Å². The number of rotatable bonds is 1. The van der Waals surface area contributed by atoms with Gasteiger partial charge in [0.15, 0.2) is 5.82 Å². The number of nitrogens with zero attached hydrogens (tertiary/aromatic N) is 3. The molecule has 4 nitrogen and oxygen atoms in total. The summed E-state index contributed by atoms with van der Waals surface area (Å²) in [4.78, 5) is 8.59.